The molecule has 2 rings (SSSR count). The first kappa shape index (κ1) is 20.1. The number of hydrogen-bond donors (Lipinski definition) is 0. The molecule has 0 aliphatic carbocycles. The maximum atomic E-state index is 13.0. The van der Waals surface area contributed by atoms with Crippen molar-refractivity contribution in [2.24, 2.45) is 0 Å². The van der Waals surface area contributed by atoms with E-state index in [4.69, 9.17) is 46.4 Å². The Balaban J connectivity index is 2.60. The van der Waals surface area contributed by atoms with Crippen molar-refractivity contribution in [3.63, 3.8) is 0 Å². The normalized spacial score (nSPS) is 11.2. The van der Waals surface area contributed by atoms with E-state index in [1.807, 2.05) is 0 Å². The number of halogens is 4. The van der Waals surface area contributed by atoms with Crippen LogP contribution in [-0.2, 0) is 19.6 Å². The van der Waals surface area contributed by atoms with Gasteiger partial charge in [-0.2, -0.15) is 0 Å². The highest BCUT2D eigenvalue weighted by atomic mass is 35.5. The van der Waals surface area contributed by atoms with E-state index in [0.717, 1.165) is 11.4 Å². The van der Waals surface area contributed by atoms with Crippen LogP contribution < -0.4 is 4.31 Å². The van der Waals surface area contributed by atoms with E-state index in [1.54, 1.807) is 0 Å². The highest BCUT2D eigenvalue weighted by molar-refractivity contribution is 7.92. The van der Waals surface area contributed by atoms with Gasteiger partial charge in [0.2, 0.25) is 0 Å². The molecule has 0 N–H and O–H groups in total. The van der Waals surface area contributed by atoms with Gasteiger partial charge < -0.3 is 4.74 Å². The minimum Gasteiger partial charge on any atom is -0.468 e. The zero-order chi connectivity index (χ0) is 18.8. The molecule has 134 valence electrons. The van der Waals surface area contributed by atoms with Gasteiger partial charge in [0.15, 0.2) is 0 Å². The van der Waals surface area contributed by atoms with Crippen LogP contribution in [0.1, 0.15) is 0 Å². The second-order valence-corrected chi connectivity index (χ2v) is 8.34. The largest absolute Gasteiger partial charge is 0.468 e. The molecule has 0 aliphatic rings. The molecule has 0 aromatic heterocycles. The molecule has 0 radical (unpaired) electrons. The Morgan fingerprint density at radius 1 is 1.00 bits per heavy atom. The first-order valence-electron chi connectivity index (χ1n) is 6.66. The Morgan fingerprint density at radius 2 is 1.60 bits per heavy atom. The van der Waals surface area contributed by atoms with Crippen molar-refractivity contribution < 1.29 is 17.9 Å². The summed E-state index contributed by atoms with van der Waals surface area (Å²) >= 11 is 23.6. The van der Waals surface area contributed by atoms with Crippen LogP contribution in [0, 0.1) is 0 Å². The Morgan fingerprint density at radius 3 is 2.12 bits per heavy atom. The third-order valence-electron chi connectivity index (χ3n) is 3.11. The fourth-order valence-electron chi connectivity index (χ4n) is 1.94. The maximum Gasteiger partial charge on any atom is 0.326 e. The molecule has 0 heterocycles. The number of nitrogens with zero attached hydrogens (tertiary/aromatic N) is 1. The molecular formula is C15H11Cl4NO4S. The summed E-state index contributed by atoms with van der Waals surface area (Å²) in [4.78, 5) is 11.6. The quantitative estimate of drug-likeness (QED) is 0.631. The number of sulfonamides is 1. The minimum atomic E-state index is -4.16. The number of carbonyl (C=O) groups excluding carboxylic acids is 1. The number of esters is 1. The van der Waals surface area contributed by atoms with E-state index in [1.165, 1.54) is 36.4 Å². The molecule has 5 nitrogen and oxygen atoms in total. The summed E-state index contributed by atoms with van der Waals surface area (Å²) in [5.41, 5.74) is 0.106. The Kier molecular flexibility index (Phi) is 6.45. The Labute approximate surface area is 165 Å². The summed E-state index contributed by atoms with van der Waals surface area (Å²) < 4.78 is 31.4. The van der Waals surface area contributed by atoms with Gasteiger partial charge in [-0.1, -0.05) is 46.4 Å². The number of benzene rings is 2. The second kappa shape index (κ2) is 8.01. The first-order valence-corrected chi connectivity index (χ1v) is 9.61. The summed E-state index contributed by atoms with van der Waals surface area (Å²) in [5.74, 6) is -0.764. The monoisotopic (exact) mass is 441 g/mol. The number of methoxy groups -OCH3 is 1. The zero-order valence-electron chi connectivity index (χ0n) is 12.7. The van der Waals surface area contributed by atoms with Crippen molar-refractivity contribution in [1.82, 2.24) is 0 Å². The predicted octanol–water partition coefficient (Wildman–Crippen LogP) is 4.67. The topological polar surface area (TPSA) is 63.7 Å². The average Bonchev–Trinajstić information content (AvgIpc) is 2.53. The van der Waals surface area contributed by atoms with Crippen molar-refractivity contribution >= 4 is 68.1 Å². The highest BCUT2D eigenvalue weighted by Gasteiger charge is 2.28. The van der Waals surface area contributed by atoms with E-state index < -0.39 is 22.5 Å². The number of rotatable bonds is 5. The molecule has 0 aliphatic heterocycles. The average molecular weight is 443 g/mol. The van der Waals surface area contributed by atoms with Crippen LogP contribution >= 0.6 is 46.4 Å². The summed E-state index contributed by atoms with van der Waals surface area (Å²) in [6.45, 7) is -0.574. The molecule has 2 aromatic rings. The lowest BCUT2D eigenvalue weighted by molar-refractivity contribution is -0.138. The summed E-state index contributed by atoms with van der Waals surface area (Å²) in [6, 6.07) is 7.99. The van der Waals surface area contributed by atoms with Crippen LogP contribution in [0.4, 0.5) is 5.69 Å². The van der Waals surface area contributed by atoms with Gasteiger partial charge in [0.25, 0.3) is 10.0 Å². The number of ether oxygens (including phenoxy) is 1. The van der Waals surface area contributed by atoms with Crippen LogP contribution in [0.15, 0.2) is 41.3 Å². The molecule has 10 heteroatoms. The van der Waals surface area contributed by atoms with Crippen molar-refractivity contribution in [2.75, 3.05) is 18.0 Å². The van der Waals surface area contributed by atoms with E-state index in [2.05, 4.69) is 4.74 Å². The number of anilines is 1. The third-order valence-corrected chi connectivity index (χ3v) is 6.06. The van der Waals surface area contributed by atoms with Gasteiger partial charge in [-0.25, -0.2) is 8.42 Å². The smallest absolute Gasteiger partial charge is 0.326 e. The molecule has 0 amide bonds. The van der Waals surface area contributed by atoms with Crippen LogP contribution in [-0.4, -0.2) is 28.0 Å². The van der Waals surface area contributed by atoms with E-state index in [9.17, 15) is 13.2 Å². The zero-order valence-corrected chi connectivity index (χ0v) is 16.5. The molecule has 2 aromatic carbocycles. The first-order chi connectivity index (χ1) is 11.6. The van der Waals surface area contributed by atoms with Crippen molar-refractivity contribution in [3.8, 4) is 0 Å². The fraction of sp³-hybridized carbons (Fsp3) is 0.133. The molecule has 0 saturated heterocycles. The lowest BCUT2D eigenvalue weighted by Crippen LogP contribution is -2.36. The molecule has 0 bridgehead atoms. The summed E-state index contributed by atoms with van der Waals surface area (Å²) in [6.07, 6.45) is 0. The van der Waals surface area contributed by atoms with Gasteiger partial charge in [-0.15, -0.1) is 0 Å². The van der Waals surface area contributed by atoms with Crippen molar-refractivity contribution in [1.29, 1.82) is 0 Å². The summed E-state index contributed by atoms with van der Waals surface area (Å²) in [5, 5.41) is 0.680. The Hall–Kier alpha value is -1.18. The van der Waals surface area contributed by atoms with Crippen LogP contribution in [0.2, 0.25) is 20.1 Å². The van der Waals surface area contributed by atoms with Gasteiger partial charge >= 0.3 is 5.97 Å². The van der Waals surface area contributed by atoms with Gasteiger partial charge in [0.05, 0.1) is 27.7 Å². The van der Waals surface area contributed by atoms with Gasteiger partial charge in [-0.3, -0.25) is 9.10 Å². The van der Waals surface area contributed by atoms with Gasteiger partial charge in [0.1, 0.15) is 6.54 Å². The number of hydrogen-bond acceptors (Lipinski definition) is 4. The maximum absolute atomic E-state index is 13.0. The van der Waals surface area contributed by atoms with Crippen molar-refractivity contribution in [2.45, 2.75) is 4.90 Å². The summed E-state index contributed by atoms with van der Waals surface area (Å²) in [7, 11) is -3.01. The fourth-order valence-corrected chi connectivity index (χ4v) is 4.24. The van der Waals surface area contributed by atoms with Crippen molar-refractivity contribution in [3.05, 3.63) is 56.5 Å². The van der Waals surface area contributed by atoms with Crippen LogP contribution in [0.5, 0.6) is 0 Å². The standard InChI is InChI=1S/C15H11Cl4NO4S/c1-24-15(21)8-20(11-5-9(16)4-10(17)6-11)25(22,23)12-2-3-13(18)14(19)7-12/h2-7H,8H2,1H3. The van der Waals surface area contributed by atoms with E-state index in [0.29, 0.717) is 0 Å². The van der Waals surface area contributed by atoms with E-state index >= 15 is 0 Å². The van der Waals surface area contributed by atoms with Gasteiger partial charge in [0, 0.05) is 10.0 Å². The Bertz CT molecular complexity index is 897. The third kappa shape index (κ3) is 4.71. The highest BCUT2D eigenvalue weighted by Crippen LogP contribution is 2.31. The molecular weight excluding hydrogens is 432 g/mol. The minimum absolute atomic E-state index is 0.0601. The van der Waals surface area contributed by atoms with Gasteiger partial charge in [-0.05, 0) is 36.4 Å². The number of carbonyl (C=O) groups is 1. The van der Waals surface area contributed by atoms with E-state index in [-0.39, 0.29) is 30.7 Å². The van der Waals surface area contributed by atoms with Crippen LogP contribution in [0.3, 0.4) is 0 Å². The lowest BCUT2D eigenvalue weighted by Gasteiger charge is -2.24. The molecule has 0 saturated carbocycles. The van der Waals surface area contributed by atoms with Crippen LogP contribution in [0.25, 0.3) is 0 Å². The molecule has 25 heavy (non-hydrogen) atoms. The lowest BCUT2D eigenvalue weighted by atomic mass is 10.3. The second-order valence-electron chi connectivity index (χ2n) is 4.79. The molecule has 0 fully saturated rings. The predicted molar refractivity (Wildman–Crippen MR) is 99.5 cm³/mol. The SMILES string of the molecule is COC(=O)CN(c1cc(Cl)cc(Cl)c1)S(=O)(=O)c1ccc(Cl)c(Cl)c1. The molecule has 0 spiro atoms. The molecule has 0 atom stereocenters. The molecule has 0 unspecified atom stereocenters.